The lowest BCUT2D eigenvalue weighted by atomic mass is 9.67. The van der Waals surface area contributed by atoms with Crippen molar-refractivity contribution >= 4 is 42.3 Å². The molecule has 0 saturated carbocycles. The van der Waals surface area contributed by atoms with Crippen LogP contribution in [0.2, 0.25) is 0 Å². The number of ether oxygens (including phenoxy) is 1. The molecule has 0 radical (unpaired) electrons. The average molecular weight is 717 g/mol. The van der Waals surface area contributed by atoms with Crippen molar-refractivity contribution in [2.24, 2.45) is 0 Å². The Bertz CT molecular complexity index is 3130. The van der Waals surface area contributed by atoms with Gasteiger partial charge in [0.2, 0.25) is 0 Å². The fraction of sp³-hybridized carbons (Fsp3) is 0.0189. The lowest BCUT2D eigenvalue weighted by Crippen LogP contribution is -2.28. The monoisotopic (exact) mass is 716 g/mol. The highest BCUT2D eigenvalue weighted by molar-refractivity contribution is 7.26. The van der Waals surface area contributed by atoms with Gasteiger partial charge in [-0.25, -0.2) is 0 Å². The molecule has 0 spiro atoms. The molecule has 1 nitrogen and oxygen atoms in total. The lowest BCUT2D eigenvalue weighted by molar-refractivity contribution is 0.487. The molecule has 12 rings (SSSR count). The van der Waals surface area contributed by atoms with Crippen LogP contribution in [0, 0.1) is 0 Å². The van der Waals surface area contributed by atoms with Gasteiger partial charge < -0.3 is 4.74 Å². The van der Waals surface area contributed by atoms with Gasteiger partial charge in [0.05, 0.1) is 5.41 Å². The molecular formula is C53H32OS. The molecular weight excluding hydrogens is 685 g/mol. The molecule has 0 saturated heterocycles. The molecule has 2 aliphatic rings. The molecule has 1 aliphatic heterocycles. The van der Waals surface area contributed by atoms with Gasteiger partial charge in [0.25, 0.3) is 0 Å². The van der Waals surface area contributed by atoms with E-state index in [-0.39, 0.29) is 0 Å². The van der Waals surface area contributed by atoms with E-state index in [4.69, 9.17) is 4.74 Å². The standard InChI is InChI=1S/C53H32OS/c1-3-13-35(14-4-1)53(36-15-5-2-6-16-36)46-23-9-7-17-38(46)39-27-25-34(32-47(39)53)33-26-29-48-45(31-33)42-20-11-19-41-37(28-30-49(54-48)51(41)42)43-21-12-22-44-40-18-8-10-24-50(40)55-52(43)44/h1-32H. The molecule has 2 heterocycles. The highest BCUT2D eigenvalue weighted by Gasteiger charge is 2.46. The molecule has 0 unspecified atom stereocenters. The summed E-state index contributed by atoms with van der Waals surface area (Å²) in [4.78, 5) is 0. The molecule has 1 aromatic heterocycles. The summed E-state index contributed by atoms with van der Waals surface area (Å²) in [6.45, 7) is 0. The third-order valence-corrected chi connectivity index (χ3v) is 13.2. The van der Waals surface area contributed by atoms with Crippen LogP contribution in [0.5, 0.6) is 11.5 Å². The third-order valence-electron chi connectivity index (χ3n) is 12.0. The average Bonchev–Trinajstić information content (AvgIpc) is 3.78. The van der Waals surface area contributed by atoms with Crippen LogP contribution in [0.1, 0.15) is 22.3 Å². The maximum absolute atomic E-state index is 6.73. The van der Waals surface area contributed by atoms with Gasteiger partial charge in [-0.1, -0.05) is 158 Å². The highest BCUT2D eigenvalue weighted by Crippen LogP contribution is 2.57. The summed E-state index contributed by atoms with van der Waals surface area (Å²) >= 11 is 1.88. The van der Waals surface area contributed by atoms with Gasteiger partial charge in [0.1, 0.15) is 11.5 Å². The molecule has 55 heavy (non-hydrogen) atoms. The van der Waals surface area contributed by atoms with Gasteiger partial charge in [-0.15, -0.1) is 11.3 Å². The molecule has 0 bridgehead atoms. The second kappa shape index (κ2) is 11.6. The summed E-state index contributed by atoms with van der Waals surface area (Å²) in [5.41, 5.74) is 14.5. The topological polar surface area (TPSA) is 9.23 Å². The highest BCUT2D eigenvalue weighted by atomic mass is 32.1. The third kappa shape index (κ3) is 4.29. The van der Waals surface area contributed by atoms with Gasteiger partial charge in [0, 0.05) is 36.7 Å². The Hall–Kier alpha value is -6.74. The minimum atomic E-state index is -0.444. The van der Waals surface area contributed by atoms with Gasteiger partial charge in [-0.05, 0) is 97.4 Å². The van der Waals surface area contributed by atoms with Crippen molar-refractivity contribution < 1.29 is 4.74 Å². The molecule has 0 atom stereocenters. The summed E-state index contributed by atoms with van der Waals surface area (Å²) in [5.74, 6) is 1.79. The van der Waals surface area contributed by atoms with Crippen LogP contribution in [-0.4, -0.2) is 0 Å². The molecule has 0 N–H and O–H groups in total. The summed E-state index contributed by atoms with van der Waals surface area (Å²) < 4.78 is 9.38. The van der Waals surface area contributed by atoms with Crippen molar-refractivity contribution in [1.29, 1.82) is 0 Å². The van der Waals surface area contributed by atoms with E-state index in [0.717, 1.165) is 17.1 Å². The molecule has 9 aromatic carbocycles. The Morgan fingerprint density at radius 3 is 1.80 bits per heavy atom. The first-order valence-corrected chi connectivity index (χ1v) is 19.7. The summed E-state index contributed by atoms with van der Waals surface area (Å²) in [6, 6.07) is 71.4. The normalized spacial score (nSPS) is 13.4. The largest absolute Gasteiger partial charge is 0.456 e. The van der Waals surface area contributed by atoms with E-state index >= 15 is 0 Å². The number of rotatable bonds is 4. The van der Waals surface area contributed by atoms with E-state index < -0.39 is 5.41 Å². The van der Waals surface area contributed by atoms with E-state index in [1.807, 2.05) is 11.3 Å². The minimum absolute atomic E-state index is 0.444. The predicted octanol–water partition coefficient (Wildman–Crippen LogP) is 14.7. The van der Waals surface area contributed by atoms with Crippen LogP contribution in [0.25, 0.3) is 75.5 Å². The molecule has 1 aliphatic carbocycles. The zero-order valence-electron chi connectivity index (χ0n) is 29.8. The number of fused-ring (bicyclic) bond motifs is 8. The van der Waals surface area contributed by atoms with Crippen LogP contribution in [0.3, 0.4) is 0 Å². The zero-order valence-corrected chi connectivity index (χ0v) is 30.6. The van der Waals surface area contributed by atoms with Crippen molar-refractivity contribution in [3.63, 3.8) is 0 Å². The van der Waals surface area contributed by atoms with E-state index in [1.165, 1.54) is 92.1 Å². The van der Waals surface area contributed by atoms with Crippen LogP contribution >= 0.6 is 11.3 Å². The van der Waals surface area contributed by atoms with Crippen LogP contribution in [0.15, 0.2) is 194 Å². The Kier molecular flexibility index (Phi) is 6.49. The summed E-state index contributed by atoms with van der Waals surface area (Å²) in [7, 11) is 0. The van der Waals surface area contributed by atoms with Crippen molar-refractivity contribution in [3.8, 4) is 56.0 Å². The second-order valence-electron chi connectivity index (χ2n) is 14.7. The summed E-state index contributed by atoms with van der Waals surface area (Å²) in [5, 5.41) is 5.00. The van der Waals surface area contributed by atoms with E-state index in [2.05, 4.69) is 194 Å². The number of benzene rings is 9. The van der Waals surface area contributed by atoms with Gasteiger partial charge >= 0.3 is 0 Å². The Labute approximate surface area is 323 Å². The first-order valence-electron chi connectivity index (χ1n) is 18.9. The Morgan fingerprint density at radius 1 is 0.364 bits per heavy atom. The van der Waals surface area contributed by atoms with E-state index in [1.54, 1.807) is 0 Å². The van der Waals surface area contributed by atoms with Crippen molar-refractivity contribution in [3.05, 3.63) is 216 Å². The van der Waals surface area contributed by atoms with Crippen LogP contribution in [-0.2, 0) is 5.41 Å². The fourth-order valence-electron chi connectivity index (χ4n) is 9.63. The van der Waals surface area contributed by atoms with Crippen molar-refractivity contribution in [2.45, 2.75) is 5.41 Å². The van der Waals surface area contributed by atoms with Crippen molar-refractivity contribution in [2.75, 3.05) is 0 Å². The lowest BCUT2D eigenvalue weighted by Gasteiger charge is -2.34. The van der Waals surface area contributed by atoms with Gasteiger partial charge in [-0.2, -0.15) is 0 Å². The number of hydrogen-bond donors (Lipinski definition) is 0. The van der Waals surface area contributed by atoms with E-state index in [0.29, 0.717) is 0 Å². The van der Waals surface area contributed by atoms with Crippen molar-refractivity contribution in [1.82, 2.24) is 0 Å². The minimum Gasteiger partial charge on any atom is -0.456 e. The first kappa shape index (κ1) is 30.7. The summed E-state index contributed by atoms with van der Waals surface area (Å²) in [6.07, 6.45) is 0. The maximum atomic E-state index is 6.73. The maximum Gasteiger partial charge on any atom is 0.135 e. The molecule has 10 aromatic rings. The smallest absolute Gasteiger partial charge is 0.135 e. The predicted molar refractivity (Wildman–Crippen MR) is 231 cm³/mol. The number of thiophene rings is 1. The SMILES string of the molecule is c1ccc(C2(c3ccccc3)c3ccccc3-c3ccc(-c4ccc5c(c4)-c4cccc6c(-c7cccc8c7sc7ccccc78)ccc(c46)O5)cc32)cc1. The first-order chi connectivity index (χ1) is 27.3. The molecule has 0 fully saturated rings. The second-order valence-corrected chi connectivity index (χ2v) is 15.8. The van der Waals surface area contributed by atoms with Gasteiger partial charge in [0.15, 0.2) is 0 Å². The zero-order chi connectivity index (χ0) is 36.1. The van der Waals surface area contributed by atoms with E-state index in [9.17, 15) is 0 Å². The molecule has 2 heteroatoms. The van der Waals surface area contributed by atoms with Crippen LogP contribution in [0.4, 0.5) is 0 Å². The molecule has 0 amide bonds. The fourth-order valence-corrected chi connectivity index (χ4v) is 10.9. The molecule has 256 valence electrons. The Balaban J connectivity index is 1.04. The Morgan fingerprint density at radius 2 is 0.964 bits per heavy atom. The van der Waals surface area contributed by atoms with Crippen LogP contribution < -0.4 is 4.74 Å². The quantitative estimate of drug-likeness (QED) is 0.176. The van der Waals surface area contributed by atoms with Gasteiger partial charge in [-0.3, -0.25) is 0 Å². The number of hydrogen-bond acceptors (Lipinski definition) is 2.